The average Bonchev–Trinajstić information content (AvgIpc) is 3.01. The zero-order valence-corrected chi connectivity index (χ0v) is 16.6. The standard InChI is InChI=1S/C21H23ClN2O3/c1-11(2)19(21(26)27-4)24-20(25)12(3)13-5-7-15-16-10-14(22)6-8-17(16)23-18(15)9-13/h5-12,19,23H,1-4H3,(H,24,25). The van der Waals surface area contributed by atoms with Gasteiger partial charge in [-0.2, -0.15) is 0 Å². The maximum atomic E-state index is 12.7. The summed E-state index contributed by atoms with van der Waals surface area (Å²) < 4.78 is 4.79. The number of halogens is 1. The van der Waals surface area contributed by atoms with Gasteiger partial charge in [0, 0.05) is 26.8 Å². The second-order valence-electron chi connectivity index (χ2n) is 7.10. The molecule has 1 heterocycles. The Bertz CT molecular complexity index is 1010. The first-order valence-corrected chi connectivity index (χ1v) is 9.28. The Balaban J connectivity index is 1.88. The van der Waals surface area contributed by atoms with Crippen LogP contribution in [-0.2, 0) is 14.3 Å². The van der Waals surface area contributed by atoms with E-state index < -0.39 is 17.9 Å². The molecule has 6 heteroatoms. The van der Waals surface area contributed by atoms with Gasteiger partial charge in [-0.3, -0.25) is 4.79 Å². The van der Waals surface area contributed by atoms with E-state index in [1.165, 1.54) is 7.11 Å². The number of ether oxygens (including phenoxy) is 1. The van der Waals surface area contributed by atoms with Gasteiger partial charge in [-0.1, -0.05) is 37.6 Å². The van der Waals surface area contributed by atoms with Crippen molar-refractivity contribution in [1.82, 2.24) is 10.3 Å². The molecule has 0 radical (unpaired) electrons. The third kappa shape index (κ3) is 3.78. The Morgan fingerprint density at radius 2 is 1.78 bits per heavy atom. The van der Waals surface area contributed by atoms with Crippen molar-refractivity contribution in [3.63, 3.8) is 0 Å². The Kier molecular flexibility index (Phi) is 5.42. The highest BCUT2D eigenvalue weighted by Crippen LogP contribution is 2.30. The summed E-state index contributed by atoms with van der Waals surface area (Å²) in [5, 5.41) is 5.59. The predicted octanol–water partition coefficient (Wildman–Crippen LogP) is 4.39. The molecule has 0 aliphatic heterocycles. The number of carbonyl (C=O) groups excluding carboxylic acids is 2. The van der Waals surface area contributed by atoms with Gasteiger partial charge in [0.15, 0.2) is 0 Å². The van der Waals surface area contributed by atoms with Crippen LogP contribution in [0.3, 0.4) is 0 Å². The summed E-state index contributed by atoms with van der Waals surface area (Å²) in [4.78, 5) is 27.9. The Hall–Kier alpha value is -2.53. The van der Waals surface area contributed by atoms with Crippen LogP contribution in [0.25, 0.3) is 21.8 Å². The van der Waals surface area contributed by atoms with E-state index in [9.17, 15) is 9.59 Å². The van der Waals surface area contributed by atoms with Crippen LogP contribution in [0, 0.1) is 5.92 Å². The molecule has 3 rings (SSSR count). The number of methoxy groups -OCH3 is 1. The highest BCUT2D eigenvalue weighted by molar-refractivity contribution is 6.31. The first-order valence-electron chi connectivity index (χ1n) is 8.91. The van der Waals surface area contributed by atoms with Crippen molar-refractivity contribution in [2.45, 2.75) is 32.7 Å². The van der Waals surface area contributed by atoms with E-state index in [1.807, 2.05) is 57.2 Å². The molecule has 2 aromatic carbocycles. The first-order chi connectivity index (χ1) is 12.8. The average molecular weight is 387 g/mol. The number of aromatic nitrogens is 1. The summed E-state index contributed by atoms with van der Waals surface area (Å²) >= 11 is 6.11. The van der Waals surface area contributed by atoms with Crippen LogP contribution in [0.5, 0.6) is 0 Å². The number of H-pyrrole nitrogens is 1. The second-order valence-corrected chi connectivity index (χ2v) is 7.53. The van der Waals surface area contributed by atoms with Crippen molar-refractivity contribution in [2.75, 3.05) is 7.11 Å². The fraction of sp³-hybridized carbons (Fsp3) is 0.333. The van der Waals surface area contributed by atoms with Crippen molar-refractivity contribution in [3.8, 4) is 0 Å². The van der Waals surface area contributed by atoms with Crippen molar-refractivity contribution in [2.24, 2.45) is 5.92 Å². The minimum Gasteiger partial charge on any atom is -0.467 e. The fourth-order valence-electron chi connectivity index (χ4n) is 3.22. The lowest BCUT2D eigenvalue weighted by atomic mass is 9.97. The molecule has 0 bridgehead atoms. The number of fused-ring (bicyclic) bond motifs is 3. The van der Waals surface area contributed by atoms with Gasteiger partial charge in [0.2, 0.25) is 5.91 Å². The summed E-state index contributed by atoms with van der Waals surface area (Å²) in [6.45, 7) is 5.56. The number of hydrogen-bond donors (Lipinski definition) is 2. The monoisotopic (exact) mass is 386 g/mol. The van der Waals surface area contributed by atoms with Gasteiger partial charge in [0.1, 0.15) is 6.04 Å². The van der Waals surface area contributed by atoms with Crippen LogP contribution >= 0.6 is 11.6 Å². The minimum absolute atomic E-state index is 0.0606. The number of hydrogen-bond acceptors (Lipinski definition) is 3. The van der Waals surface area contributed by atoms with E-state index in [1.54, 1.807) is 0 Å². The molecular weight excluding hydrogens is 364 g/mol. The number of aromatic amines is 1. The summed E-state index contributed by atoms with van der Waals surface area (Å²) in [6, 6.07) is 10.9. The van der Waals surface area contributed by atoms with E-state index in [4.69, 9.17) is 16.3 Å². The fourth-order valence-corrected chi connectivity index (χ4v) is 3.39. The third-order valence-corrected chi connectivity index (χ3v) is 5.13. The molecule has 2 N–H and O–H groups in total. The van der Waals surface area contributed by atoms with Crippen molar-refractivity contribution in [1.29, 1.82) is 0 Å². The highest BCUT2D eigenvalue weighted by Gasteiger charge is 2.27. The molecule has 2 unspecified atom stereocenters. The van der Waals surface area contributed by atoms with E-state index in [-0.39, 0.29) is 11.8 Å². The quantitative estimate of drug-likeness (QED) is 0.639. The van der Waals surface area contributed by atoms with Crippen LogP contribution in [0.4, 0.5) is 0 Å². The van der Waals surface area contributed by atoms with E-state index in [0.717, 1.165) is 27.4 Å². The van der Waals surface area contributed by atoms with Crippen molar-refractivity contribution in [3.05, 3.63) is 47.0 Å². The number of benzene rings is 2. The van der Waals surface area contributed by atoms with Crippen molar-refractivity contribution >= 4 is 45.3 Å². The Morgan fingerprint density at radius 3 is 2.44 bits per heavy atom. The maximum absolute atomic E-state index is 12.7. The SMILES string of the molecule is COC(=O)C(NC(=O)C(C)c1ccc2c(c1)[nH]c1ccc(Cl)cc12)C(C)C. The number of carbonyl (C=O) groups is 2. The number of rotatable bonds is 5. The Labute approximate surface area is 163 Å². The summed E-state index contributed by atoms with van der Waals surface area (Å²) in [7, 11) is 1.32. The number of amides is 1. The van der Waals surface area contributed by atoms with Gasteiger partial charge in [-0.15, -0.1) is 0 Å². The molecule has 0 saturated carbocycles. The molecule has 3 aromatic rings. The van der Waals surface area contributed by atoms with Gasteiger partial charge in [-0.25, -0.2) is 4.79 Å². The zero-order valence-electron chi connectivity index (χ0n) is 15.8. The van der Waals surface area contributed by atoms with E-state index >= 15 is 0 Å². The molecule has 0 saturated heterocycles. The molecule has 0 aliphatic rings. The maximum Gasteiger partial charge on any atom is 0.328 e. The lowest BCUT2D eigenvalue weighted by molar-refractivity contribution is -0.146. The van der Waals surface area contributed by atoms with Gasteiger partial charge in [-0.05, 0) is 42.7 Å². The van der Waals surface area contributed by atoms with Crippen LogP contribution in [0.1, 0.15) is 32.3 Å². The molecule has 0 spiro atoms. The molecule has 0 aliphatic carbocycles. The zero-order chi connectivity index (χ0) is 19.7. The molecule has 1 aromatic heterocycles. The third-order valence-electron chi connectivity index (χ3n) is 4.90. The van der Waals surface area contributed by atoms with Crippen LogP contribution in [0.15, 0.2) is 36.4 Å². The normalized spacial score (nSPS) is 13.7. The molecule has 142 valence electrons. The van der Waals surface area contributed by atoms with E-state index in [2.05, 4.69) is 10.3 Å². The second kappa shape index (κ2) is 7.61. The smallest absolute Gasteiger partial charge is 0.328 e. The molecule has 27 heavy (non-hydrogen) atoms. The first kappa shape index (κ1) is 19.2. The predicted molar refractivity (Wildman–Crippen MR) is 108 cm³/mol. The topological polar surface area (TPSA) is 71.2 Å². The largest absolute Gasteiger partial charge is 0.467 e. The summed E-state index contributed by atoms with van der Waals surface area (Å²) in [5.41, 5.74) is 2.80. The highest BCUT2D eigenvalue weighted by atomic mass is 35.5. The van der Waals surface area contributed by atoms with Crippen molar-refractivity contribution < 1.29 is 14.3 Å². The van der Waals surface area contributed by atoms with Crippen LogP contribution in [0.2, 0.25) is 5.02 Å². The number of nitrogens with one attached hydrogen (secondary N) is 2. The molecule has 2 atom stereocenters. The molecule has 1 amide bonds. The lowest BCUT2D eigenvalue weighted by Crippen LogP contribution is -2.46. The van der Waals surface area contributed by atoms with Gasteiger partial charge in [0.25, 0.3) is 0 Å². The van der Waals surface area contributed by atoms with Gasteiger partial charge in [0.05, 0.1) is 13.0 Å². The van der Waals surface area contributed by atoms with Crippen LogP contribution < -0.4 is 5.32 Å². The number of esters is 1. The summed E-state index contributed by atoms with van der Waals surface area (Å²) in [6.07, 6.45) is 0. The van der Waals surface area contributed by atoms with Gasteiger partial charge < -0.3 is 15.0 Å². The molecule has 5 nitrogen and oxygen atoms in total. The van der Waals surface area contributed by atoms with Crippen LogP contribution in [-0.4, -0.2) is 30.0 Å². The van der Waals surface area contributed by atoms with Gasteiger partial charge >= 0.3 is 5.97 Å². The summed E-state index contributed by atoms with van der Waals surface area (Å²) in [5.74, 6) is -1.11. The lowest BCUT2D eigenvalue weighted by Gasteiger charge is -2.22. The molecule has 0 fully saturated rings. The Morgan fingerprint density at radius 1 is 1.04 bits per heavy atom. The minimum atomic E-state index is -0.663. The molecular formula is C21H23ClN2O3. The van der Waals surface area contributed by atoms with E-state index in [0.29, 0.717) is 5.02 Å².